The molecule has 1 amide bonds. The Morgan fingerprint density at radius 2 is 2.00 bits per heavy atom. The molecule has 1 aromatic carbocycles. The van der Waals surface area contributed by atoms with Gasteiger partial charge in [-0.2, -0.15) is 0 Å². The summed E-state index contributed by atoms with van der Waals surface area (Å²) in [7, 11) is 1.64. The average molecular weight is 312 g/mol. The summed E-state index contributed by atoms with van der Waals surface area (Å²) in [6.45, 7) is 10.1. The van der Waals surface area contributed by atoms with Crippen molar-refractivity contribution in [3.05, 3.63) is 28.8 Å². The number of benzene rings is 1. The fourth-order valence-corrected chi connectivity index (χ4v) is 2.33. The molecule has 0 aliphatic carbocycles. The van der Waals surface area contributed by atoms with Gasteiger partial charge in [-0.1, -0.05) is 23.7 Å². The van der Waals surface area contributed by atoms with Gasteiger partial charge in [-0.15, -0.1) is 0 Å². The van der Waals surface area contributed by atoms with Gasteiger partial charge in [0.1, 0.15) is 0 Å². The van der Waals surface area contributed by atoms with Crippen LogP contribution in [0.25, 0.3) is 0 Å². The third-order valence-electron chi connectivity index (χ3n) is 3.19. The van der Waals surface area contributed by atoms with Crippen molar-refractivity contribution in [3.8, 4) is 0 Å². The van der Waals surface area contributed by atoms with Crippen LogP contribution in [0, 0.1) is 0 Å². The first-order chi connectivity index (χ1) is 9.78. The molecule has 1 aromatic rings. The van der Waals surface area contributed by atoms with Crippen LogP contribution in [0.1, 0.15) is 33.3 Å². The van der Waals surface area contributed by atoms with Gasteiger partial charge in [0.2, 0.25) is 5.91 Å². The second-order valence-electron chi connectivity index (χ2n) is 6.04. The van der Waals surface area contributed by atoms with E-state index >= 15 is 0 Å². The molecule has 21 heavy (non-hydrogen) atoms. The van der Waals surface area contributed by atoms with E-state index in [4.69, 9.17) is 11.6 Å². The minimum atomic E-state index is -0.0218. The van der Waals surface area contributed by atoms with Crippen molar-refractivity contribution < 1.29 is 4.79 Å². The van der Waals surface area contributed by atoms with Gasteiger partial charge in [-0.05, 0) is 39.3 Å². The fourth-order valence-electron chi connectivity index (χ4n) is 2.02. The van der Waals surface area contributed by atoms with Crippen LogP contribution in [-0.2, 0) is 11.3 Å². The minimum absolute atomic E-state index is 0.0218. The number of nitrogens with one attached hydrogen (secondary N) is 2. The number of likely N-dealkylation sites (N-methyl/N-ethyl adjacent to an activating group) is 2. The highest BCUT2D eigenvalue weighted by Crippen LogP contribution is 2.30. The predicted molar refractivity (Wildman–Crippen MR) is 90.0 cm³/mol. The number of rotatable bonds is 6. The van der Waals surface area contributed by atoms with Crippen LogP contribution in [0.4, 0.5) is 5.69 Å². The summed E-state index contributed by atoms with van der Waals surface area (Å²) in [4.78, 5) is 13.7. The Labute approximate surface area is 132 Å². The Bertz CT molecular complexity index is 483. The average Bonchev–Trinajstić information content (AvgIpc) is 2.42. The number of hydrogen-bond acceptors (Lipinski definition) is 3. The molecule has 0 aromatic heterocycles. The highest BCUT2D eigenvalue weighted by molar-refractivity contribution is 6.33. The van der Waals surface area contributed by atoms with Crippen LogP contribution in [-0.4, -0.2) is 31.6 Å². The van der Waals surface area contributed by atoms with Crippen LogP contribution in [0.3, 0.4) is 0 Å². The molecule has 0 atom stereocenters. The summed E-state index contributed by atoms with van der Waals surface area (Å²) in [5.74, 6) is -0.0218. The highest BCUT2D eigenvalue weighted by atomic mass is 35.5. The maximum absolute atomic E-state index is 11.7. The zero-order valence-electron chi connectivity index (χ0n) is 13.6. The molecule has 0 unspecified atom stereocenters. The number of carbonyl (C=O) groups is 1. The van der Waals surface area contributed by atoms with Crippen molar-refractivity contribution in [1.29, 1.82) is 0 Å². The van der Waals surface area contributed by atoms with Gasteiger partial charge in [0, 0.05) is 25.7 Å². The summed E-state index contributed by atoms with van der Waals surface area (Å²) in [5, 5.41) is 6.80. The molecule has 0 bridgehead atoms. The van der Waals surface area contributed by atoms with Crippen molar-refractivity contribution >= 4 is 23.2 Å². The maximum Gasteiger partial charge on any atom is 0.239 e. The Morgan fingerprint density at radius 1 is 1.33 bits per heavy atom. The van der Waals surface area contributed by atoms with E-state index < -0.39 is 0 Å². The first kappa shape index (κ1) is 17.8. The molecule has 5 heteroatoms. The molecule has 0 saturated carbocycles. The summed E-state index contributed by atoms with van der Waals surface area (Å²) in [5.41, 5.74) is 2.06. The molecule has 0 radical (unpaired) electrons. The van der Waals surface area contributed by atoms with Crippen molar-refractivity contribution in [2.45, 2.75) is 39.8 Å². The number of halogens is 1. The lowest BCUT2D eigenvalue weighted by atomic mass is 10.1. The molecule has 0 heterocycles. The summed E-state index contributed by atoms with van der Waals surface area (Å²) in [6, 6.07) is 5.86. The van der Waals surface area contributed by atoms with Gasteiger partial charge in [0.05, 0.1) is 17.3 Å². The molecule has 2 N–H and O–H groups in total. The lowest BCUT2D eigenvalue weighted by molar-refractivity contribution is -0.119. The zero-order chi connectivity index (χ0) is 16.0. The number of anilines is 1. The second kappa shape index (κ2) is 7.66. The number of nitrogens with zero attached hydrogens (tertiary/aromatic N) is 1. The molecule has 118 valence electrons. The number of carbonyl (C=O) groups excluding carboxylic acids is 1. The van der Waals surface area contributed by atoms with Gasteiger partial charge < -0.3 is 15.5 Å². The minimum Gasteiger partial charge on any atom is -0.361 e. The number of para-hydroxylation sites is 1. The first-order valence-electron chi connectivity index (χ1n) is 7.26. The van der Waals surface area contributed by atoms with Crippen molar-refractivity contribution in [3.63, 3.8) is 0 Å². The molecular formula is C16H26ClN3O. The van der Waals surface area contributed by atoms with Crippen LogP contribution in [0.5, 0.6) is 0 Å². The van der Waals surface area contributed by atoms with E-state index in [0.717, 1.165) is 17.8 Å². The van der Waals surface area contributed by atoms with Crippen LogP contribution < -0.4 is 15.5 Å². The molecule has 1 rings (SSSR count). The monoisotopic (exact) mass is 311 g/mol. The Balaban J connectivity index is 3.05. The first-order valence-corrected chi connectivity index (χ1v) is 7.64. The third-order valence-corrected chi connectivity index (χ3v) is 3.50. The maximum atomic E-state index is 11.7. The van der Waals surface area contributed by atoms with E-state index in [9.17, 15) is 4.79 Å². The van der Waals surface area contributed by atoms with Crippen molar-refractivity contribution in [2.75, 3.05) is 25.0 Å². The Morgan fingerprint density at radius 3 is 2.52 bits per heavy atom. The summed E-state index contributed by atoms with van der Waals surface area (Å²) < 4.78 is 0. The third kappa shape index (κ3) is 5.56. The lowest BCUT2D eigenvalue weighted by Gasteiger charge is -2.28. The Kier molecular flexibility index (Phi) is 6.49. The predicted octanol–water partition coefficient (Wildman–Crippen LogP) is 2.80. The van der Waals surface area contributed by atoms with Gasteiger partial charge in [-0.3, -0.25) is 4.79 Å². The normalized spacial score (nSPS) is 11.3. The van der Waals surface area contributed by atoms with E-state index in [-0.39, 0.29) is 11.4 Å². The second-order valence-corrected chi connectivity index (χ2v) is 6.45. The van der Waals surface area contributed by atoms with Gasteiger partial charge >= 0.3 is 0 Å². The largest absolute Gasteiger partial charge is 0.361 e. The number of amides is 1. The SMILES string of the molecule is CCN(CC(=O)NC)c1c(Cl)cccc1CNC(C)(C)C. The molecule has 0 saturated heterocycles. The summed E-state index contributed by atoms with van der Waals surface area (Å²) >= 11 is 6.38. The number of hydrogen-bond donors (Lipinski definition) is 2. The quantitative estimate of drug-likeness (QED) is 0.849. The van der Waals surface area contributed by atoms with E-state index in [2.05, 4.69) is 31.4 Å². The van der Waals surface area contributed by atoms with Crippen LogP contribution in [0.15, 0.2) is 18.2 Å². The molecule has 0 spiro atoms. The van der Waals surface area contributed by atoms with Crippen molar-refractivity contribution in [1.82, 2.24) is 10.6 Å². The van der Waals surface area contributed by atoms with Gasteiger partial charge in [0.15, 0.2) is 0 Å². The van der Waals surface area contributed by atoms with Gasteiger partial charge in [-0.25, -0.2) is 0 Å². The van der Waals surface area contributed by atoms with E-state index in [1.807, 2.05) is 30.0 Å². The Hall–Kier alpha value is -1.26. The molecule has 0 aliphatic rings. The lowest BCUT2D eigenvalue weighted by Crippen LogP contribution is -2.38. The van der Waals surface area contributed by atoms with E-state index in [0.29, 0.717) is 18.1 Å². The highest BCUT2D eigenvalue weighted by Gasteiger charge is 2.17. The molecule has 4 nitrogen and oxygen atoms in total. The van der Waals surface area contributed by atoms with Crippen molar-refractivity contribution in [2.24, 2.45) is 0 Å². The standard InChI is InChI=1S/C16H26ClN3O/c1-6-20(11-14(21)18-5)15-12(8-7-9-13(15)17)10-19-16(2,3)4/h7-9,19H,6,10-11H2,1-5H3,(H,18,21). The van der Waals surface area contributed by atoms with Crippen LogP contribution in [0.2, 0.25) is 5.02 Å². The topological polar surface area (TPSA) is 44.4 Å². The fraction of sp³-hybridized carbons (Fsp3) is 0.562. The van der Waals surface area contributed by atoms with Crippen LogP contribution >= 0.6 is 11.6 Å². The van der Waals surface area contributed by atoms with E-state index in [1.54, 1.807) is 7.05 Å². The molecule has 0 aliphatic heterocycles. The van der Waals surface area contributed by atoms with E-state index in [1.165, 1.54) is 0 Å². The van der Waals surface area contributed by atoms with Gasteiger partial charge in [0.25, 0.3) is 0 Å². The summed E-state index contributed by atoms with van der Waals surface area (Å²) in [6.07, 6.45) is 0. The smallest absolute Gasteiger partial charge is 0.239 e. The zero-order valence-corrected chi connectivity index (χ0v) is 14.3. The molecule has 0 fully saturated rings. The molecular weight excluding hydrogens is 286 g/mol.